The number of primary amides is 1. The zero-order valence-electron chi connectivity index (χ0n) is 12.5. The van der Waals surface area contributed by atoms with Crippen LogP contribution in [-0.4, -0.2) is 48.0 Å². The van der Waals surface area contributed by atoms with Crippen molar-refractivity contribution in [3.63, 3.8) is 0 Å². The largest absolute Gasteiger partial charge is 0.368 e. The minimum absolute atomic E-state index is 0.350. The predicted molar refractivity (Wildman–Crippen MR) is 87.1 cm³/mol. The molecule has 0 aliphatic carbocycles. The van der Waals surface area contributed by atoms with Crippen molar-refractivity contribution in [1.29, 1.82) is 0 Å². The van der Waals surface area contributed by atoms with Crippen LogP contribution in [0.3, 0.4) is 0 Å². The van der Waals surface area contributed by atoms with Gasteiger partial charge in [-0.2, -0.15) is 0 Å². The number of para-hydroxylation sites is 1. The highest BCUT2D eigenvalue weighted by Gasteiger charge is 2.31. The number of fused-ring (bicyclic) bond motifs is 2. The molecule has 0 saturated carbocycles. The molecule has 1 aromatic carbocycles. The molecule has 2 fully saturated rings. The molecule has 0 unspecified atom stereocenters. The lowest BCUT2D eigenvalue weighted by atomic mass is 10.1. The number of aromatic nitrogens is 1. The summed E-state index contributed by atoms with van der Waals surface area (Å²) in [6.07, 6.45) is 2.56. The number of amides is 1. The Kier molecular flexibility index (Phi) is 3.22. The lowest BCUT2D eigenvalue weighted by molar-refractivity contribution is 0.0996. The van der Waals surface area contributed by atoms with E-state index in [0.29, 0.717) is 11.7 Å². The van der Waals surface area contributed by atoms with E-state index in [1.165, 1.54) is 19.4 Å². The number of hydrogen-bond donors (Lipinski definition) is 1. The van der Waals surface area contributed by atoms with Crippen molar-refractivity contribution in [3.8, 4) is 0 Å². The van der Waals surface area contributed by atoms with Crippen LogP contribution in [-0.2, 0) is 0 Å². The maximum atomic E-state index is 11.6. The summed E-state index contributed by atoms with van der Waals surface area (Å²) in [5, 5.41) is 1.10. The fourth-order valence-corrected chi connectivity index (χ4v) is 3.75. The Morgan fingerprint density at radius 1 is 1.23 bits per heavy atom. The first-order valence-electron chi connectivity index (χ1n) is 7.91. The van der Waals surface area contributed by atoms with Crippen LogP contribution in [0.4, 0.5) is 5.69 Å². The van der Waals surface area contributed by atoms with Gasteiger partial charge in [0.2, 0.25) is 0 Å². The van der Waals surface area contributed by atoms with Gasteiger partial charge in [-0.3, -0.25) is 9.69 Å². The molecule has 4 rings (SSSR count). The second kappa shape index (κ2) is 5.25. The lowest BCUT2D eigenvalue weighted by Crippen LogP contribution is -2.50. The molecule has 0 bridgehead atoms. The van der Waals surface area contributed by atoms with Crippen LogP contribution in [0.5, 0.6) is 0 Å². The van der Waals surface area contributed by atoms with E-state index in [2.05, 4.69) is 20.9 Å². The van der Waals surface area contributed by atoms with Crippen molar-refractivity contribution in [2.45, 2.75) is 18.9 Å². The van der Waals surface area contributed by atoms with Gasteiger partial charge >= 0.3 is 0 Å². The summed E-state index contributed by atoms with van der Waals surface area (Å²) >= 11 is 0. The van der Waals surface area contributed by atoms with Crippen LogP contribution in [0, 0.1) is 0 Å². The van der Waals surface area contributed by atoms with Crippen LogP contribution in [0.2, 0.25) is 0 Å². The summed E-state index contributed by atoms with van der Waals surface area (Å²) in [6, 6.07) is 10.5. The number of hydrogen-bond acceptors (Lipinski definition) is 4. The Morgan fingerprint density at radius 3 is 2.95 bits per heavy atom. The number of anilines is 1. The van der Waals surface area contributed by atoms with Gasteiger partial charge in [0.15, 0.2) is 0 Å². The summed E-state index contributed by atoms with van der Waals surface area (Å²) in [5.41, 5.74) is 7.73. The maximum absolute atomic E-state index is 11.6. The summed E-state index contributed by atoms with van der Waals surface area (Å²) in [6.45, 7) is 4.32. The molecular formula is C17H20N4O. The van der Waals surface area contributed by atoms with Crippen molar-refractivity contribution in [2.75, 3.05) is 31.1 Å². The van der Waals surface area contributed by atoms with E-state index in [9.17, 15) is 4.79 Å². The van der Waals surface area contributed by atoms with Crippen molar-refractivity contribution >= 4 is 22.5 Å². The second-order valence-corrected chi connectivity index (χ2v) is 6.19. The average Bonchev–Trinajstić information content (AvgIpc) is 3.01. The van der Waals surface area contributed by atoms with Gasteiger partial charge in [-0.15, -0.1) is 0 Å². The molecule has 1 amide bonds. The van der Waals surface area contributed by atoms with Gasteiger partial charge in [-0.05, 0) is 31.5 Å². The first kappa shape index (κ1) is 13.5. The van der Waals surface area contributed by atoms with Crippen LogP contribution in [0.25, 0.3) is 10.9 Å². The maximum Gasteiger partial charge on any atom is 0.267 e. The van der Waals surface area contributed by atoms with Crippen LogP contribution >= 0.6 is 0 Å². The number of carbonyl (C=O) groups is 1. The fourth-order valence-electron chi connectivity index (χ4n) is 3.75. The summed E-state index contributed by atoms with van der Waals surface area (Å²) in [4.78, 5) is 21.0. The van der Waals surface area contributed by atoms with E-state index < -0.39 is 5.91 Å². The second-order valence-electron chi connectivity index (χ2n) is 6.19. The Balaban J connectivity index is 1.78. The third kappa shape index (κ3) is 2.22. The number of nitrogens with zero attached hydrogens (tertiary/aromatic N) is 3. The molecule has 114 valence electrons. The van der Waals surface area contributed by atoms with Crippen LogP contribution in [0.1, 0.15) is 23.3 Å². The van der Waals surface area contributed by atoms with Gasteiger partial charge in [0.25, 0.3) is 5.91 Å². The molecule has 0 radical (unpaired) electrons. The Labute approximate surface area is 129 Å². The number of carbonyl (C=O) groups excluding carboxylic acids is 1. The molecule has 2 aliphatic rings. The van der Waals surface area contributed by atoms with Gasteiger partial charge < -0.3 is 10.6 Å². The molecule has 3 heterocycles. The van der Waals surface area contributed by atoms with E-state index >= 15 is 0 Å². The topological polar surface area (TPSA) is 62.5 Å². The average molecular weight is 296 g/mol. The molecule has 1 aromatic heterocycles. The van der Waals surface area contributed by atoms with Gasteiger partial charge in [0, 0.05) is 36.7 Å². The van der Waals surface area contributed by atoms with Gasteiger partial charge in [-0.25, -0.2) is 4.98 Å². The number of benzene rings is 1. The Morgan fingerprint density at radius 2 is 2.09 bits per heavy atom. The highest BCUT2D eigenvalue weighted by atomic mass is 16.1. The molecule has 5 nitrogen and oxygen atoms in total. The number of rotatable bonds is 2. The third-order valence-electron chi connectivity index (χ3n) is 4.87. The van der Waals surface area contributed by atoms with Crippen molar-refractivity contribution in [3.05, 3.63) is 36.0 Å². The molecule has 0 spiro atoms. The van der Waals surface area contributed by atoms with Gasteiger partial charge in [-0.1, -0.05) is 18.2 Å². The quantitative estimate of drug-likeness (QED) is 0.914. The molecule has 2 aliphatic heterocycles. The minimum atomic E-state index is -0.466. The molecule has 2 aromatic rings. The number of nitrogens with two attached hydrogens (primary N) is 1. The first-order valence-corrected chi connectivity index (χ1v) is 7.91. The van der Waals surface area contributed by atoms with E-state index in [1.54, 1.807) is 0 Å². The summed E-state index contributed by atoms with van der Waals surface area (Å²) in [7, 11) is 0. The van der Waals surface area contributed by atoms with Crippen LogP contribution in [0.15, 0.2) is 30.3 Å². The standard InChI is InChI=1S/C17H20N4O/c18-17(22)15-10-16(13-5-1-2-6-14(13)19-15)21-9-8-20-7-3-4-12(20)11-21/h1-2,5-6,10,12H,3-4,7-9,11H2,(H2,18,22)/t12-/m0/s1. The highest BCUT2D eigenvalue weighted by Crippen LogP contribution is 2.30. The summed E-state index contributed by atoms with van der Waals surface area (Å²) < 4.78 is 0. The molecule has 2 N–H and O–H groups in total. The minimum Gasteiger partial charge on any atom is -0.368 e. The zero-order chi connectivity index (χ0) is 15.1. The van der Waals surface area contributed by atoms with Gasteiger partial charge in [0.05, 0.1) is 5.52 Å². The zero-order valence-corrected chi connectivity index (χ0v) is 12.5. The van der Waals surface area contributed by atoms with E-state index in [0.717, 1.165) is 36.2 Å². The number of piperazine rings is 1. The predicted octanol–water partition coefficient (Wildman–Crippen LogP) is 1.62. The monoisotopic (exact) mass is 296 g/mol. The van der Waals surface area contributed by atoms with Gasteiger partial charge in [0.1, 0.15) is 5.69 Å². The van der Waals surface area contributed by atoms with Crippen LogP contribution < -0.4 is 10.6 Å². The molecule has 5 heteroatoms. The number of pyridine rings is 1. The Hall–Kier alpha value is -2.14. The Bertz CT molecular complexity index is 730. The normalized spacial score (nSPS) is 22.0. The summed E-state index contributed by atoms with van der Waals surface area (Å²) in [5.74, 6) is -0.466. The van der Waals surface area contributed by atoms with E-state index in [4.69, 9.17) is 5.73 Å². The van der Waals surface area contributed by atoms with Crippen molar-refractivity contribution < 1.29 is 4.79 Å². The molecule has 2 saturated heterocycles. The van der Waals surface area contributed by atoms with Crippen molar-refractivity contribution in [1.82, 2.24) is 9.88 Å². The van der Waals surface area contributed by atoms with E-state index in [-0.39, 0.29) is 0 Å². The molecule has 22 heavy (non-hydrogen) atoms. The molecular weight excluding hydrogens is 276 g/mol. The lowest BCUT2D eigenvalue weighted by Gasteiger charge is -2.39. The first-order chi connectivity index (χ1) is 10.7. The third-order valence-corrected chi connectivity index (χ3v) is 4.87. The fraction of sp³-hybridized carbons (Fsp3) is 0.412. The smallest absolute Gasteiger partial charge is 0.267 e. The SMILES string of the molecule is NC(=O)c1cc(N2CCN3CCC[C@H]3C2)c2ccccc2n1. The molecule has 1 atom stereocenters. The van der Waals surface area contributed by atoms with E-state index in [1.807, 2.05) is 24.3 Å². The van der Waals surface area contributed by atoms with Crippen molar-refractivity contribution in [2.24, 2.45) is 5.73 Å². The highest BCUT2D eigenvalue weighted by molar-refractivity contribution is 5.99.